The van der Waals surface area contributed by atoms with Crippen LogP contribution in [0.2, 0.25) is 0 Å². The molecule has 3 unspecified atom stereocenters. The highest BCUT2D eigenvalue weighted by Crippen LogP contribution is 2.59. The van der Waals surface area contributed by atoms with Crippen molar-refractivity contribution in [3.05, 3.63) is 53.0 Å². The topological polar surface area (TPSA) is 79.7 Å². The maximum absolute atomic E-state index is 11.4. The molecule has 1 aliphatic carbocycles. The molecule has 1 saturated heterocycles. The summed E-state index contributed by atoms with van der Waals surface area (Å²) < 4.78 is 4.65. The van der Waals surface area contributed by atoms with E-state index in [9.17, 15) is 5.11 Å². The van der Waals surface area contributed by atoms with E-state index < -0.39 is 0 Å². The van der Waals surface area contributed by atoms with Crippen molar-refractivity contribution >= 4 is 17.7 Å². The van der Waals surface area contributed by atoms with Gasteiger partial charge in [-0.1, -0.05) is 24.3 Å². The molecule has 2 aromatic rings. The predicted octanol–water partition coefficient (Wildman–Crippen LogP) is 3.85. The van der Waals surface area contributed by atoms with E-state index in [-0.39, 0.29) is 23.5 Å². The zero-order chi connectivity index (χ0) is 21.8. The van der Waals surface area contributed by atoms with E-state index in [4.69, 9.17) is 5.73 Å². The Hall–Kier alpha value is -2.09. The van der Waals surface area contributed by atoms with Crippen LogP contribution in [0.15, 0.2) is 52.4 Å². The maximum atomic E-state index is 11.4. The minimum absolute atomic E-state index is 0.0372. The molecule has 0 amide bonds. The lowest BCUT2D eigenvalue weighted by atomic mass is 9.53. The van der Waals surface area contributed by atoms with Crippen LogP contribution in [0.25, 0.3) is 11.3 Å². The van der Waals surface area contributed by atoms with Crippen LogP contribution in [0.4, 0.5) is 0 Å². The number of imidazole rings is 1. The number of rotatable bonds is 4. The summed E-state index contributed by atoms with van der Waals surface area (Å²) in [5.74, 6) is 0.243. The summed E-state index contributed by atoms with van der Waals surface area (Å²) in [5.41, 5.74) is 11.7. The molecule has 164 valence electrons. The minimum atomic E-state index is -0.281. The van der Waals surface area contributed by atoms with Gasteiger partial charge in [-0.25, -0.2) is 9.29 Å². The van der Waals surface area contributed by atoms with Crippen LogP contribution in [0.1, 0.15) is 44.7 Å². The number of nitrogens with two attached hydrogens (primary N) is 1. The molecule has 0 radical (unpaired) electrons. The largest absolute Gasteiger partial charge is 0.401 e. The quantitative estimate of drug-likeness (QED) is 0.561. The zero-order valence-electron chi connectivity index (χ0n) is 18.5. The van der Waals surface area contributed by atoms with E-state index >= 15 is 0 Å². The summed E-state index contributed by atoms with van der Waals surface area (Å²) in [7, 11) is 1.81. The number of aromatic nitrogens is 2. The van der Waals surface area contributed by atoms with Gasteiger partial charge < -0.3 is 15.4 Å². The lowest BCUT2D eigenvalue weighted by Gasteiger charge is -2.57. The van der Waals surface area contributed by atoms with Gasteiger partial charge in [0.25, 0.3) is 0 Å². The summed E-state index contributed by atoms with van der Waals surface area (Å²) in [6, 6.07) is 8.77. The zero-order valence-corrected chi connectivity index (χ0v) is 19.3. The van der Waals surface area contributed by atoms with Gasteiger partial charge in [-0.2, -0.15) is 0 Å². The third kappa shape index (κ3) is 3.25. The van der Waals surface area contributed by atoms with Crippen molar-refractivity contribution in [2.24, 2.45) is 22.1 Å². The molecule has 31 heavy (non-hydrogen) atoms. The van der Waals surface area contributed by atoms with Gasteiger partial charge in [0, 0.05) is 43.0 Å². The van der Waals surface area contributed by atoms with Crippen LogP contribution >= 0.6 is 11.9 Å². The first-order chi connectivity index (χ1) is 14.9. The number of hydrogen-bond acceptors (Lipinski definition) is 6. The van der Waals surface area contributed by atoms with Crippen LogP contribution in [-0.4, -0.2) is 50.9 Å². The van der Waals surface area contributed by atoms with E-state index in [0.717, 1.165) is 48.7 Å². The smallest absolute Gasteiger partial charge is 0.0956 e. The van der Waals surface area contributed by atoms with Gasteiger partial charge in [0.2, 0.25) is 0 Å². The molecule has 1 saturated carbocycles. The van der Waals surface area contributed by atoms with Crippen molar-refractivity contribution in [3.8, 4) is 11.3 Å². The molecule has 3 atom stereocenters. The lowest BCUT2D eigenvalue weighted by molar-refractivity contribution is -0.152. The van der Waals surface area contributed by atoms with Crippen LogP contribution in [0, 0.1) is 11.3 Å². The summed E-state index contributed by atoms with van der Waals surface area (Å²) in [5, 5.41) is 11.4. The van der Waals surface area contributed by atoms with Crippen molar-refractivity contribution < 1.29 is 5.11 Å². The van der Waals surface area contributed by atoms with E-state index in [1.54, 1.807) is 11.9 Å². The van der Waals surface area contributed by atoms with Crippen molar-refractivity contribution in [1.82, 2.24) is 13.9 Å². The van der Waals surface area contributed by atoms with Gasteiger partial charge in [-0.05, 0) is 56.0 Å². The second-order valence-corrected chi connectivity index (χ2v) is 10.3. The van der Waals surface area contributed by atoms with Crippen molar-refractivity contribution in [2.75, 3.05) is 20.1 Å². The summed E-state index contributed by atoms with van der Waals surface area (Å²) in [6.07, 6.45) is 6.69. The van der Waals surface area contributed by atoms with Gasteiger partial charge >= 0.3 is 0 Å². The number of allylic oxidation sites excluding steroid dienone is 2. The molecule has 7 heteroatoms. The molecule has 0 bridgehead atoms. The Kier molecular flexibility index (Phi) is 5.23. The Morgan fingerprint density at radius 2 is 2.00 bits per heavy atom. The summed E-state index contributed by atoms with van der Waals surface area (Å²) in [6.45, 7) is 5.86. The van der Waals surface area contributed by atoms with Gasteiger partial charge in [0.15, 0.2) is 0 Å². The highest BCUT2D eigenvalue weighted by atomic mass is 32.2. The molecular formula is C24H31N5OS. The first-order valence-corrected chi connectivity index (χ1v) is 11.8. The molecule has 1 aromatic carbocycles. The van der Waals surface area contributed by atoms with Gasteiger partial charge in [0.05, 0.1) is 35.3 Å². The normalized spacial score (nSPS) is 28.1. The lowest BCUT2D eigenvalue weighted by Crippen LogP contribution is -2.58. The van der Waals surface area contributed by atoms with Crippen molar-refractivity contribution in [2.45, 2.75) is 45.3 Å². The Bertz CT molecular complexity index is 1050. The third-order valence-corrected chi connectivity index (χ3v) is 8.99. The van der Waals surface area contributed by atoms with Crippen molar-refractivity contribution in [3.63, 3.8) is 0 Å². The SMILES string of the molecule is CN=C(C)C(SN1CCC2(CC1)CC(C1c3ccccc3-c3cncn31)C2O)=C(C)N. The van der Waals surface area contributed by atoms with Crippen LogP contribution in [0.3, 0.4) is 0 Å². The third-order valence-electron chi connectivity index (χ3n) is 7.56. The maximum Gasteiger partial charge on any atom is 0.0956 e. The molecule has 1 aromatic heterocycles. The van der Waals surface area contributed by atoms with Crippen molar-refractivity contribution in [1.29, 1.82) is 0 Å². The first kappa shape index (κ1) is 20.8. The molecule has 2 aliphatic heterocycles. The fourth-order valence-electron chi connectivity index (χ4n) is 5.77. The number of aliphatic hydroxyl groups is 1. The number of benzene rings is 1. The highest BCUT2D eigenvalue weighted by Gasteiger charge is 2.57. The monoisotopic (exact) mass is 437 g/mol. The van der Waals surface area contributed by atoms with Crippen LogP contribution in [-0.2, 0) is 0 Å². The van der Waals surface area contributed by atoms with Gasteiger partial charge in [0.1, 0.15) is 0 Å². The minimum Gasteiger partial charge on any atom is -0.401 e. The molecule has 3 aliphatic rings. The summed E-state index contributed by atoms with van der Waals surface area (Å²) in [4.78, 5) is 9.75. The number of piperidine rings is 1. The fourth-order valence-corrected chi connectivity index (χ4v) is 6.76. The average Bonchev–Trinajstić information content (AvgIpc) is 3.37. The predicted molar refractivity (Wildman–Crippen MR) is 127 cm³/mol. The second kappa shape index (κ2) is 7.80. The molecule has 3 N–H and O–H groups in total. The molecular weight excluding hydrogens is 406 g/mol. The number of aliphatic hydroxyl groups excluding tert-OH is 1. The molecule has 1 spiro atoms. The number of hydrogen-bond donors (Lipinski definition) is 2. The first-order valence-electron chi connectivity index (χ1n) is 11.1. The second-order valence-electron chi connectivity index (χ2n) is 9.23. The Balaban J connectivity index is 1.28. The van der Waals surface area contributed by atoms with Gasteiger partial charge in [-0.3, -0.25) is 4.99 Å². The number of nitrogens with zero attached hydrogens (tertiary/aromatic N) is 4. The molecule has 5 rings (SSSR count). The fraction of sp³-hybridized carbons (Fsp3) is 0.500. The van der Waals surface area contributed by atoms with E-state index in [2.05, 4.69) is 43.1 Å². The Morgan fingerprint density at radius 3 is 2.68 bits per heavy atom. The standard InChI is InChI=1S/C24H31N5OS/c1-15(25)22(16(2)26-3)31-28-10-8-24(9-11-28)12-19(23(24)30)21-18-7-5-4-6-17(18)20-13-27-14-29(20)21/h4-7,13-14,19,21,23,30H,8-12,25H2,1-3H3. The number of fused-ring (bicyclic) bond motifs is 3. The summed E-state index contributed by atoms with van der Waals surface area (Å²) >= 11 is 1.71. The molecule has 6 nitrogen and oxygen atoms in total. The van der Waals surface area contributed by atoms with E-state index in [0.29, 0.717) is 0 Å². The average molecular weight is 438 g/mol. The Labute approximate surface area is 188 Å². The van der Waals surface area contributed by atoms with Crippen LogP contribution in [0.5, 0.6) is 0 Å². The molecule has 3 heterocycles. The van der Waals surface area contributed by atoms with Gasteiger partial charge in [-0.15, -0.1) is 0 Å². The Morgan fingerprint density at radius 1 is 1.26 bits per heavy atom. The number of aliphatic imine (C=N–C) groups is 1. The van der Waals surface area contributed by atoms with Crippen LogP contribution < -0.4 is 5.73 Å². The van der Waals surface area contributed by atoms with E-state index in [1.165, 1.54) is 16.8 Å². The van der Waals surface area contributed by atoms with E-state index in [1.807, 2.05) is 33.4 Å². The molecule has 2 fully saturated rings. The highest BCUT2D eigenvalue weighted by molar-refractivity contribution is 8.01.